The highest BCUT2D eigenvalue weighted by molar-refractivity contribution is 5.10. The van der Waals surface area contributed by atoms with Crippen LogP contribution in [0.5, 0.6) is 0 Å². The summed E-state index contributed by atoms with van der Waals surface area (Å²) in [7, 11) is 1.99. The highest BCUT2D eigenvalue weighted by atomic mass is 16.5. The van der Waals surface area contributed by atoms with E-state index in [0.29, 0.717) is 5.92 Å². The van der Waals surface area contributed by atoms with Gasteiger partial charge in [0.05, 0.1) is 5.60 Å². The summed E-state index contributed by atoms with van der Waals surface area (Å²) in [6.07, 6.45) is 3.42. The maximum atomic E-state index is 8.00. The Hall–Kier alpha value is -0.450. The molecule has 0 aliphatic heterocycles. The van der Waals surface area contributed by atoms with Gasteiger partial charge < -0.3 is 20.6 Å². The number of carbonyl (C=O) groups excluding carboxylic acids is 1. The predicted octanol–water partition coefficient (Wildman–Crippen LogP) is 1.58. The second kappa shape index (κ2) is 12.0. The Balaban J connectivity index is 0. The first-order chi connectivity index (χ1) is 7.99. The summed E-state index contributed by atoms with van der Waals surface area (Å²) in [6, 6.07) is 0. The summed E-state index contributed by atoms with van der Waals surface area (Å²) in [5.41, 5.74) is 5.58. The Morgan fingerprint density at radius 1 is 1.24 bits per heavy atom. The van der Waals surface area contributed by atoms with Gasteiger partial charge in [-0.25, -0.2) is 0 Å². The molecule has 0 aromatic rings. The smallest absolute Gasteiger partial charge is 0.106 e. The molecule has 17 heavy (non-hydrogen) atoms. The van der Waals surface area contributed by atoms with E-state index in [0.717, 1.165) is 32.5 Å². The molecule has 0 spiro atoms. The van der Waals surface area contributed by atoms with Gasteiger partial charge in [0.15, 0.2) is 0 Å². The van der Waals surface area contributed by atoms with Crippen LogP contribution in [-0.2, 0) is 9.53 Å². The first-order valence-electron chi connectivity index (χ1n) is 6.27. The predicted molar refractivity (Wildman–Crippen MR) is 73.1 cm³/mol. The van der Waals surface area contributed by atoms with Gasteiger partial charge in [-0.3, -0.25) is 0 Å². The van der Waals surface area contributed by atoms with Crippen LogP contribution in [0, 0.1) is 5.92 Å². The van der Waals surface area contributed by atoms with Crippen LogP contribution in [0.3, 0.4) is 0 Å². The van der Waals surface area contributed by atoms with Crippen molar-refractivity contribution in [3.05, 3.63) is 0 Å². The molecule has 0 aliphatic rings. The van der Waals surface area contributed by atoms with Crippen LogP contribution in [0.1, 0.15) is 40.0 Å². The van der Waals surface area contributed by atoms with Gasteiger partial charge in [-0.1, -0.05) is 0 Å². The molecule has 0 fully saturated rings. The molecule has 4 nitrogen and oxygen atoms in total. The Kier molecular flexibility index (Phi) is 13.4. The van der Waals surface area contributed by atoms with E-state index in [2.05, 4.69) is 26.1 Å². The molecule has 0 aromatic carbocycles. The molecule has 1 unspecified atom stereocenters. The maximum Gasteiger partial charge on any atom is 0.106 e. The molecule has 0 bridgehead atoms. The van der Waals surface area contributed by atoms with Gasteiger partial charge in [0, 0.05) is 6.61 Å². The van der Waals surface area contributed by atoms with Gasteiger partial charge in [-0.05, 0) is 66.1 Å². The minimum absolute atomic E-state index is 0.0176. The Morgan fingerprint density at radius 3 is 2.24 bits per heavy atom. The average Bonchev–Trinajstić information content (AvgIpc) is 2.27. The lowest BCUT2D eigenvalue weighted by Gasteiger charge is -2.22. The molecule has 0 rings (SSSR count). The molecule has 0 aromatic heterocycles. The first kappa shape index (κ1) is 18.9. The van der Waals surface area contributed by atoms with Crippen molar-refractivity contribution in [2.24, 2.45) is 11.7 Å². The quantitative estimate of drug-likeness (QED) is 0.682. The van der Waals surface area contributed by atoms with Crippen LogP contribution in [0.25, 0.3) is 0 Å². The molecule has 0 amide bonds. The third-order valence-electron chi connectivity index (χ3n) is 2.44. The number of carbonyl (C=O) groups is 1. The Bertz CT molecular complexity index is 158. The van der Waals surface area contributed by atoms with E-state index in [-0.39, 0.29) is 5.60 Å². The van der Waals surface area contributed by atoms with Crippen molar-refractivity contribution in [2.45, 2.75) is 45.6 Å². The molecule has 0 saturated carbocycles. The molecule has 0 aliphatic carbocycles. The second-order valence-corrected chi connectivity index (χ2v) is 5.09. The van der Waals surface area contributed by atoms with Gasteiger partial charge in [0.1, 0.15) is 6.79 Å². The second-order valence-electron chi connectivity index (χ2n) is 5.09. The van der Waals surface area contributed by atoms with Crippen molar-refractivity contribution in [1.29, 1.82) is 0 Å². The number of rotatable bonds is 8. The average molecular weight is 246 g/mol. The molecule has 1 atom stereocenters. The first-order valence-corrected chi connectivity index (χ1v) is 6.27. The largest absolute Gasteiger partial charge is 0.376 e. The third-order valence-corrected chi connectivity index (χ3v) is 2.44. The van der Waals surface area contributed by atoms with Crippen LogP contribution < -0.4 is 11.1 Å². The molecule has 4 heteroatoms. The van der Waals surface area contributed by atoms with Crippen molar-refractivity contribution in [2.75, 3.05) is 26.7 Å². The fourth-order valence-corrected chi connectivity index (χ4v) is 1.55. The fraction of sp³-hybridized carbons (Fsp3) is 0.923. The van der Waals surface area contributed by atoms with Gasteiger partial charge in [0.2, 0.25) is 0 Å². The highest BCUT2D eigenvalue weighted by Gasteiger charge is 2.12. The van der Waals surface area contributed by atoms with Crippen molar-refractivity contribution < 1.29 is 9.53 Å². The zero-order valence-electron chi connectivity index (χ0n) is 11.9. The summed E-state index contributed by atoms with van der Waals surface area (Å²) in [5.74, 6) is 0.699. The number of ether oxygens (including phenoxy) is 1. The van der Waals surface area contributed by atoms with E-state index in [1.54, 1.807) is 0 Å². The van der Waals surface area contributed by atoms with Gasteiger partial charge in [-0.15, -0.1) is 0 Å². The van der Waals surface area contributed by atoms with Crippen molar-refractivity contribution in [3.63, 3.8) is 0 Å². The lowest BCUT2D eigenvalue weighted by atomic mass is 9.98. The summed E-state index contributed by atoms with van der Waals surface area (Å²) < 4.78 is 5.72. The van der Waals surface area contributed by atoms with Crippen LogP contribution in [0.4, 0.5) is 0 Å². The molecule has 3 N–H and O–H groups in total. The minimum Gasteiger partial charge on any atom is -0.376 e. The molecular weight excluding hydrogens is 216 g/mol. The monoisotopic (exact) mass is 246 g/mol. The van der Waals surface area contributed by atoms with Crippen molar-refractivity contribution in [3.8, 4) is 0 Å². The number of hydrogen-bond donors (Lipinski definition) is 2. The highest BCUT2D eigenvalue weighted by Crippen LogP contribution is 2.15. The third kappa shape index (κ3) is 15.5. The molecular formula is C13H30N2O2. The normalized spacial score (nSPS) is 12.8. The van der Waals surface area contributed by atoms with Crippen LogP contribution in [-0.4, -0.2) is 39.1 Å². The van der Waals surface area contributed by atoms with E-state index in [9.17, 15) is 0 Å². The number of nitrogens with one attached hydrogen (secondary N) is 1. The lowest BCUT2D eigenvalue weighted by molar-refractivity contribution is -0.0979. The fourth-order valence-electron chi connectivity index (χ4n) is 1.55. The number of nitrogens with two attached hydrogens (primary N) is 1. The van der Waals surface area contributed by atoms with Gasteiger partial charge in [0.25, 0.3) is 0 Å². The molecule has 0 heterocycles. The summed E-state index contributed by atoms with van der Waals surface area (Å²) >= 11 is 0. The van der Waals surface area contributed by atoms with Crippen LogP contribution in [0.15, 0.2) is 0 Å². The van der Waals surface area contributed by atoms with Gasteiger partial charge in [-0.2, -0.15) is 0 Å². The van der Waals surface area contributed by atoms with E-state index in [1.807, 2.05) is 13.8 Å². The summed E-state index contributed by atoms with van der Waals surface area (Å²) in [5, 5.41) is 3.18. The topological polar surface area (TPSA) is 64.4 Å². The summed E-state index contributed by atoms with van der Waals surface area (Å²) in [4.78, 5) is 8.00. The Labute approximate surface area is 106 Å². The molecule has 0 radical (unpaired) electrons. The molecule has 0 saturated heterocycles. The van der Waals surface area contributed by atoms with E-state index in [1.165, 1.54) is 6.42 Å². The number of hydrogen-bond acceptors (Lipinski definition) is 4. The zero-order chi connectivity index (χ0) is 13.7. The zero-order valence-corrected chi connectivity index (χ0v) is 11.9. The Morgan fingerprint density at radius 2 is 1.82 bits per heavy atom. The van der Waals surface area contributed by atoms with Crippen LogP contribution >= 0.6 is 0 Å². The maximum absolute atomic E-state index is 8.00. The summed E-state index contributed by atoms with van der Waals surface area (Å²) in [6.45, 7) is 11.0. The minimum atomic E-state index is -0.0176. The van der Waals surface area contributed by atoms with Crippen molar-refractivity contribution >= 4 is 6.79 Å². The lowest BCUT2D eigenvalue weighted by Crippen LogP contribution is -2.22. The molecule has 104 valence electrons. The van der Waals surface area contributed by atoms with Crippen molar-refractivity contribution in [1.82, 2.24) is 5.32 Å². The standard InChI is InChI=1S/C12H28N2O.CH2O/c1-12(2,3)15-10-7-11(5-8-13)6-9-14-4;1-2/h11,14H,5-10,13H2,1-4H3;1H2. The SMILES string of the molecule is C=O.CNCCC(CCN)CCOC(C)(C)C. The van der Waals surface area contributed by atoms with Gasteiger partial charge >= 0.3 is 0 Å². The van der Waals surface area contributed by atoms with E-state index in [4.69, 9.17) is 15.3 Å². The van der Waals surface area contributed by atoms with E-state index < -0.39 is 0 Å². The van der Waals surface area contributed by atoms with E-state index >= 15 is 0 Å². The van der Waals surface area contributed by atoms with Crippen LogP contribution in [0.2, 0.25) is 0 Å².